The number of aryl methyl sites for hydroxylation is 1. The van der Waals surface area contributed by atoms with Crippen molar-refractivity contribution < 1.29 is 9.90 Å². The van der Waals surface area contributed by atoms with Gasteiger partial charge in [0.1, 0.15) is 5.82 Å². The quantitative estimate of drug-likeness (QED) is 0.570. The summed E-state index contributed by atoms with van der Waals surface area (Å²) in [5, 5.41) is 16.0. The fraction of sp³-hybridized carbons (Fsp3) is 0.348. The molecular formula is C23H27N5O2. The number of fused-ring (bicyclic) bond motifs is 1. The summed E-state index contributed by atoms with van der Waals surface area (Å²) in [4.78, 5) is 22.6. The predicted octanol–water partition coefficient (Wildman–Crippen LogP) is 4.70. The van der Waals surface area contributed by atoms with Crippen LogP contribution in [0.25, 0.3) is 10.9 Å². The lowest BCUT2D eigenvalue weighted by molar-refractivity contribution is 0.185. The minimum absolute atomic E-state index is 0.0285. The zero-order valence-corrected chi connectivity index (χ0v) is 17.3. The van der Waals surface area contributed by atoms with Crippen molar-refractivity contribution in [3.8, 4) is 0 Å². The van der Waals surface area contributed by atoms with Crippen LogP contribution < -0.4 is 15.5 Å². The molecular weight excluding hydrogens is 378 g/mol. The Bertz CT molecular complexity index is 1050. The third kappa shape index (κ3) is 4.30. The molecule has 1 amide bonds. The van der Waals surface area contributed by atoms with Gasteiger partial charge in [-0.2, -0.15) is 4.98 Å². The molecule has 0 saturated heterocycles. The van der Waals surface area contributed by atoms with Crippen LogP contribution in [0.4, 0.5) is 22.2 Å². The number of carbonyl (C=O) groups is 1. The molecule has 2 aromatic carbocycles. The van der Waals surface area contributed by atoms with Gasteiger partial charge in [-0.15, -0.1) is 0 Å². The lowest BCUT2D eigenvalue weighted by Crippen LogP contribution is -2.39. The molecule has 3 aromatic rings. The third-order valence-electron chi connectivity index (χ3n) is 5.77. The Hall–Kier alpha value is -3.35. The highest BCUT2D eigenvalue weighted by Crippen LogP contribution is 2.32. The van der Waals surface area contributed by atoms with E-state index in [2.05, 4.69) is 34.6 Å². The van der Waals surface area contributed by atoms with Gasteiger partial charge in [0.15, 0.2) is 0 Å². The molecule has 30 heavy (non-hydrogen) atoms. The van der Waals surface area contributed by atoms with Gasteiger partial charge in [-0.05, 0) is 56.4 Å². The SMILES string of the molecule is Cc1ccccc1N(C)c1nc(NC2CCC(NC(=O)O)CC2)nc2ccccc12. The molecule has 1 saturated carbocycles. The first-order valence-electron chi connectivity index (χ1n) is 10.3. The molecule has 1 aromatic heterocycles. The number of benzene rings is 2. The second-order valence-corrected chi connectivity index (χ2v) is 7.88. The summed E-state index contributed by atoms with van der Waals surface area (Å²) >= 11 is 0. The van der Waals surface area contributed by atoms with Gasteiger partial charge >= 0.3 is 6.09 Å². The molecule has 4 rings (SSSR count). The zero-order valence-electron chi connectivity index (χ0n) is 17.3. The smallest absolute Gasteiger partial charge is 0.404 e. The second-order valence-electron chi connectivity index (χ2n) is 7.88. The number of nitrogens with zero attached hydrogens (tertiary/aromatic N) is 3. The van der Waals surface area contributed by atoms with E-state index in [0.29, 0.717) is 5.95 Å². The van der Waals surface area contributed by atoms with Crippen molar-refractivity contribution in [3.63, 3.8) is 0 Å². The molecule has 1 fully saturated rings. The average Bonchev–Trinajstić information content (AvgIpc) is 2.74. The van der Waals surface area contributed by atoms with E-state index in [1.54, 1.807) is 0 Å². The summed E-state index contributed by atoms with van der Waals surface area (Å²) in [5.41, 5.74) is 3.18. The molecule has 1 heterocycles. The van der Waals surface area contributed by atoms with E-state index in [-0.39, 0.29) is 12.1 Å². The molecule has 0 spiro atoms. The van der Waals surface area contributed by atoms with Crippen molar-refractivity contribution in [1.29, 1.82) is 0 Å². The molecule has 0 atom stereocenters. The van der Waals surface area contributed by atoms with Crippen LogP contribution in [0.5, 0.6) is 0 Å². The van der Waals surface area contributed by atoms with E-state index in [1.807, 2.05) is 43.4 Å². The number of anilines is 3. The topological polar surface area (TPSA) is 90.4 Å². The first-order valence-corrected chi connectivity index (χ1v) is 10.3. The molecule has 7 nitrogen and oxygen atoms in total. The Morgan fingerprint density at radius 3 is 2.40 bits per heavy atom. The van der Waals surface area contributed by atoms with Gasteiger partial charge in [0, 0.05) is 30.2 Å². The van der Waals surface area contributed by atoms with Gasteiger partial charge in [0.05, 0.1) is 5.52 Å². The molecule has 7 heteroatoms. The third-order valence-corrected chi connectivity index (χ3v) is 5.77. The number of rotatable bonds is 5. The molecule has 3 N–H and O–H groups in total. The van der Waals surface area contributed by atoms with Crippen molar-refractivity contribution in [3.05, 3.63) is 54.1 Å². The van der Waals surface area contributed by atoms with Crippen molar-refractivity contribution in [2.24, 2.45) is 0 Å². The van der Waals surface area contributed by atoms with E-state index < -0.39 is 6.09 Å². The predicted molar refractivity (Wildman–Crippen MR) is 120 cm³/mol. The summed E-state index contributed by atoms with van der Waals surface area (Å²) in [6.45, 7) is 2.10. The van der Waals surface area contributed by atoms with E-state index in [0.717, 1.165) is 48.1 Å². The lowest BCUT2D eigenvalue weighted by atomic mass is 9.91. The highest BCUT2D eigenvalue weighted by Gasteiger charge is 2.23. The van der Waals surface area contributed by atoms with Gasteiger partial charge in [-0.1, -0.05) is 30.3 Å². The van der Waals surface area contributed by atoms with Crippen LogP contribution in [-0.4, -0.2) is 40.3 Å². The first-order chi connectivity index (χ1) is 14.5. The number of nitrogens with one attached hydrogen (secondary N) is 2. The van der Waals surface area contributed by atoms with Crippen LogP contribution >= 0.6 is 0 Å². The summed E-state index contributed by atoms with van der Waals surface area (Å²) in [5.74, 6) is 1.47. The molecule has 0 radical (unpaired) electrons. The van der Waals surface area contributed by atoms with Gasteiger partial charge < -0.3 is 20.6 Å². The van der Waals surface area contributed by atoms with Crippen LogP contribution in [0.2, 0.25) is 0 Å². The minimum atomic E-state index is -0.951. The summed E-state index contributed by atoms with van der Waals surface area (Å²) < 4.78 is 0. The monoisotopic (exact) mass is 405 g/mol. The molecule has 1 aliphatic carbocycles. The lowest BCUT2D eigenvalue weighted by Gasteiger charge is -2.29. The fourth-order valence-electron chi connectivity index (χ4n) is 4.17. The van der Waals surface area contributed by atoms with E-state index >= 15 is 0 Å². The maximum atomic E-state index is 10.9. The summed E-state index contributed by atoms with van der Waals surface area (Å²) in [6, 6.07) is 16.6. The van der Waals surface area contributed by atoms with Crippen LogP contribution in [0, 0.1) is 6.92 Å². The average molecular weight is 406 g/mol. The molecule has 156 valence electrons. The second kappa shape index (κ2) is 8.57. The molecule has 1 aliphatic rings. The van der Waals surface area contributed by atoms with Gasteiger partial charge in [-0.3, -0.25) is 0 Å². The maximum Gasteiger partial charge on any atom is 0.404 e. The molecule has 0 aliphatic heterocycles. The van der Waals surface area contributed by atoms with Crippen molar-refractivity contribution in [2.75, 3.05) is 17.3 Å². The maximum absolute atomic E-state index is 10.9. The van der Waals surface area contributed by atoms with Crippen molar-refractivity contribution in [1.82, 2.24) is 15.3 Å². The normalized spacial score (nSPS) is 18.7. The Morgan fingerprint density at radius 1 is 1.00 bits per heavy atom. The number of hydrogen-bond acceptors (Lipinski definition) is 5. The minimum Gasteiger partial charge on any atom is -0.465 e. The Balaban J connectivity index is 1.60. The zero-order chi connectivity index (χ0) is 21.1. The Labute approximate surface area is 176 Å². The first kappa shape index (κ1) is 19.9. The largest absolute Gasteiger partial charge is 0.465 e. The van der Waals surface area contributed by atoms with Crippen LogP contribution in [0.1, 0.15) is 31.2 Å². The Morgan fingerprint density at radius 2 is 1.67 bits per heavy atom. The van der Waals surface area contributed by atoms with Gasteiger partial charge in [0.25, 0.3) is 0 Å². The fourth-order valence-corrected chi connectivity index (χ4v) is 4.17. The van der Waals surface area contributed by atoms with E-state index in [1.165, 1.54) is 5.56 Å². The van der Waals surface area contributed by atoms with Crippen molar-refractivity contribution in [2.45, 2.75) is 44.7 Å². The number of amides is 1. The number of para-hydroxylation sites is 2. The van der Waals surface area contributed by atoms with E-state index in [9.17, 15) is 4.79 Å². The van der Waals surface area contributed by atoms with Crippen LogP contribution in [-0.2, 0) is 0 Å². The number of aromatic nitrogens is 2. The van der Waals surface area contributed by atoms with Crippen molar-refractivity contribution >= 4 is 34.4 Å². The van der Waals surface area contributed by atoms with Crippen LogP contribution in [0.3, 0.4) is 0 Å². The Kier molecular flexibility index (Phi) is 5.70. The van der Waals surface area contributed by atoms with Gasteiger partial charge in [0.2, 0.25) is 5.95 Å². The standard InChI is InChI=1S/C23H27N5O2/c1-15-7-3-6-10-20(15)28(2)21-18-8-4-5-9-19(18)26-22(27-21)24-16-11-13-17(14-12-16)25-23(29)30/h3-10,16-17,25H,11-14H2,1-2H3,(H,29,30)(H,24,26,27). The molecule has 0 unspecified atom stereocenters. The number of carboxylic acid groups (broad SMARTS) is 1. The van der Waals surface area contributed by atoms with E-state index in [4.69, 9.17) is 15.1 Å². The summed E-state index contributed by atoms with van der Waals surface area (Å²) in [7, 11) is 2.03. The highest BCUT2D eigenvalue weighted by atomic mass is 16.4. The number of hydrogen-bond donors (Lipinski definition) is 3. The van der Waals surface area contributed by atoms with Gasteiger partial charge in [-0.25, -0.2) is 9.78 Å². The summed E-state index contributed by atoms with van der Waals surface area (Å²) in [6.07, 6.45) is 2.43. The molecule has 0 bridgehead atoms. The van der Waals surface area contributed by atoms with Crippen LogP contribution in [0.15, 0.2) is 48.5 Å². The highest BCUT2D eigenvalue weighted by molar-refractivity contribution is 5.92.